The van der Waals surface area contributed by atoms with Gasteiger partial charge in [0.25, 0.3) is 5.91 Å². The predicted molar refractivity (Wildman–Crippen MR) is 118 cm³/mol. The lowest BCUT2D eigenvalue weighted by Crippen LogP contribution is -2.51. The molecule has 1 aliphatic heterocycles. The lowest BCUT2D eigenvalue weighted by molar-refractivity contribution is -0.136. The number of aryl methyl sites for hydroxylation is 1. The fourth-order valence-corrected chi connectivity index (χ4v) is 3.83. The quantitative estimate of drug-likeness (QED) is 0.587. The number of hydrogen-bond donors (Lipinski definition) is 0. The van der Waals surface area contributed by atoms with E-state index in [1.54, 1.807) is 19.9 Å². The maximum atomic E-state index is 12.6. The van der Waals surface area contributed by atoms with E-state index in [0.29, 0.717) is 43.5 Å². The van der Waals surface area contributed by atoms with Gasteiger partial charge in [-0.25, -0.2) is 14.3 Å². The van der Waals surface area contributed by atoms with Crippen molar-refractivity contribution >= 4 is 41.2 Å². The molecular formula is C21H24Cl2N4O5. The van der Waals surface area contributed by atoms with Crippen LogP contribution in [0.2, 0.25) is 10.2 Å². The number of carbonyl (C=O) groups excluding carboxylic acids is 3. The largest absolute Gasteiger partial charge is 0.452 e. The minimum absolute atomic E-state index is 0.110. The number of rotatable bonds is 6. The van der Waals surface area contributed by atoms with Crippen molar-refractivity contribution in [2.24, 2.45) is 0 Å². The molecule has 1 saturated heterocycles. The van der Waals surface area contributed by atoms with Crippen molar-refractivity contribution in [2.45, 2.75) is 20.4 Å². The maximum absolute atomic E-state index is 12.6. The summed E-state index contributed by atoms with van der Waals surface area (Å²) in [6.07, 6.45) is -0.398. The van der Waals surface area contributed by atoms with Gasteiger partial charge in [0.15, 0.2) is 6.61 Å². The van der Waals surface area contributed by atoms with E-state index in [2.05, 4.69) is 5.10 Å². The Kier molecular flexibility index (Phi) is 7.98. The summed E-state index contributed by atoms with van der Waals surface area (Å²) in [7, 11) is 0. The van der Waals surface area contributed by atoms with Gasteiger partial charge in [-0.05, 0) is 25.5 Å². The Morgan fingerprint density at radius 3 is 2.34 bits per heavy atom. The summed E-state index contributed by atoms with van der Waals surface area (Å²) in [4.78, 5) is 39.9. The van der Waals surface area contributed by atoms with Crippen LogP contribution in [-0.4, -0.2) is 76.9 Å². The Labute approximate surface area is 195 Å². The van der Waals surface area contributed by atoms with Crippen LogP contribution in [-0.2, 0) is 20.8 Å². The topological polar surface area (TPSA) is 94.0 Å². The Balaban J connectivity index is 1.56. The van der Waals surface area contributed by atoms with Crippen molar-refractivity contribution in [2.75, 3.05) is 39.4 Å². The van der Waals surface area contributed by atoms with E-state index in [1.807, 2.05) is 18.2 Å². The minimum Gasteiger partial charge on any atom is -0.452 e. The van der Waals surface area contributed by atoms with Crippen LogP contribution in [0.1, 0.15) is 28.5 Å². The van der Waals surface area contributed by atoms with Crippen LogP contribution < -0.4 is 0 Å². The lowest BCUT2D eigenvalue weighted by Gasteiger charge is -2.33. The fraction of sp³-hybridized carbons (Fsp3) is 0.429. The van der Waals surface area contributed by atoms with Gasteiger partial charge in [-0.3, -0.25) is 4.79 Å². The standard InChI is InChI=1S/C21H24Cl2N4O5/c1-3-31-21(30)26-10-8-25(9-11-26)17(28)13-32-20(29)18-14(2)24-27(19(18)23)12-15-6-4-5-7-16(15)22/h4-7H,3,8-13H2,1-2H3. The summed E-state index contributed by atoms with van der Waals surface area (Å²) in [5, 5.41) is 4.98. The average Bonchev–Trinajstić information content (AvgIpc) is 3.06. The van der Waals surface area contributed by atoms with Gasteiger partial charge < -0.3 is 19.3 Å². The Morgan fingerprint density at radius 2 is 1.69 bits per heavy atom. The van der Waals surface area contributed by atoms with Crippen molar-refractivity contribution in [1.82, 2.24) is 19.6 Å². The zero-order chi connectivity index (χ0) is 23.3. The molecule has 0 unspecified atom stereocenters. The van der Waals surface area contributed by atoms with Gasteiger partial charge in [-0.1, -0.05) is 41.4 Å². The van der Waals surface area contributed by atoms with E-state index in [4.69, 9.17) is 32.7 Å². The van der Waals surface area contributed by atoms with Crippen LogP contribution in [0.25, 0.3) is 0 Å². The number of hydrogen-bond acceptors (Lipinski definition) is 6. The fourth-order valence-electron chi connectivity index (χ4n) is 3.32. The molecule has 2 amide bonds. The van der Waals surface area contributed by atoms with Gasteiger partial charge in [0.2, 0.25) is 0 Å². The first-order chi connectivity index (χ1) is 15.3. The van der Waals surface area contributed by atoms with Gasteiger partial charge >= 0.3 is 12.1 Å². The number of halogens is 2. The van der Waals surface area contributed by atoms with E-state index >= 15 is 0 Å². The van der Waals surface area contributed by atoms with Crippen LogP contribution >= 0.6 is 23.2 Å². The van der Waals surface area contributed by atoms with Gasteiger partial charge in [0.05, 0.1) is 18.8 Å². The van der Waals surface area contributed by atoms with E-state index in [1.165, 1.54) is 14.5 Å². The Bertz CT molecular complexity index is 1000. The summed E-state index contributed by atoms with van der Waals surface area (Å²) in [6.45, 7) is 4.93. The van der Waals surface area contributed by atoms with E-state index in [-0.39, 0.29) is 23.2 Å². The van der Waals surface area contributed by atoms with E-state index < -0.39 is 18.7 Å². The highest BCUT2D eigenvalue weighted by atomic mass is 35.5. The van der Waals surface area contributed by atoms with Crippen LogP contribution in [0.4, 0.5) is 4.79 Å². The molecule has 9 nitrogen and oxygen atoms in total. The third-order valence-corrected chi connectivity index (χ3v) is 5.79. The molecule has 1 aromatic heterocycles. The number of esters is 1. The molecule has 0 spiro atoms. The molecule has 1 fully saturated rings. The molecule has 0 bridgehead atoms. The van der Waals surface area contributed by atoms with Gasteiger partial charge in [-0.15, -0.1) is 0 Å². The summed E-state index contributed by atoms with van der Waals surface area (Å²) in [6, 6.07) is 7.26. The van der Waals surface area contributed by atoms with Crippen LogP contribution in [0.3, 0.4) is 0 Å². The van der Waals surface area contributed by atoms with Crippen molar-refractivity contribution in [3.63, 3.8) is 0 Å². The monoisotopic (exact) mass is 482 g/mol. The molecule has 32 heavy (non-hydrogen) atoms. The van der Waals surface area contributed by atoms with Gasteiger partial charge in [0.1, 0.15) is 10.7 Å². The second-order valence-corrected chi connectivity index (χ2v) is 7.91. The average molecular weight is 483 g/mol. The van der Waals surface area contributed by atoms with Crippen molar-refractivity contribution in [3.05, 3.63) is 51.3 Å². The summed E-state index contributed by atoms with van der Waals surface area (Å²) in [5.74, 6) is -1.07. The molecule has 1 aliphatic rings. The van der Waals surface area contributed by atoms with Gasteiger partial charge in [0, 0.05) is 31.2 Å². The number of amides is 2. The molecule has 3 rings (SSSR count). The van der Waals surface area contributed by atoms with Gasteiger partial charge in [-0.2, -0.15) is 5.10 Å². The highest BCUT2D eigenvalue weighted by Gasteiger charge is 2.27. The molecule has 1 aromatic carbocycles. The molecule has 0 aliphatic carbocycles. The zero-order valence-electron chi connectivity index (χ0n) is 17.8. The minimum atomic E-state index is -0.726. The summed E-state index contributed by atoms with van der Waals surface area (Å²) >= 11 is 12.6. The number of benzene rings is 1. The molecule has 2 heterocycles. The zero-order valence-corrected chi connectivity index (χ0v) is 19.4. The number of carbonyl (C=O) groups is 3. The SMILES string of the molecule is CCOC(=O)N1CCN(C(=O)COC(=O)c2c(C)nn(Cc3ccccc3Cl)c2Cl)CC1. The lowest BCUT2D eigenvalue weighted by atomic mass is 10.2. The molecule has 0 atom stereocenters. The molecule has 0 N–H and O–H groups in total. The highest BCUT2D eigenvalue weighted by Crippen LogP contribution is 2.24. The molecule has 0 radical (unpaired) electrons. The highest BCUT2D eigenvalue weighted by molar-refractivity contribution is 6.33. The third kappa shape index (κ3) is 5.52. The van der Waals surface area contributed by atoms with Crippen molar-refractivity contribution in [1.29, 1.82) is 0 Å². The van der Waals surface area contributed by atoms with Crippen molar-refractivity contribution < 1.29 is 23.9 Å². The normalized spacial score (nSPS) is 13.8. The molecule has 0 saturated carbocycles. The molecule has 2 aromatic rings. The number of aromatic nitrogens is 2. The maximum Gasteiger partial charge on any atom is 0.409 e. The number of ether oxygens (including phenoxy) is 2. The second-order valence-electron chi connectivity index (χ2n) is 7.14. The summed E-state index contributed by atoms with van der Waals surface area (Å²) < 4.78 is 11.6. The van der Waals surface area contributed by atoms with Crippen LogP contribution in [0.15, 0.2) is 24.3 Å². The van der Waals surface area contributed by atoms with Crippen LogP contribution in [0.5, 0.6) is 0 Å². The molecule has 172 valence electrons. The van der Waals surface area contributed by atoms with Crippen molar-refractivity contribution in [3.8, 4) is 0 Å². The smallest absolute Gasteiger partial charge is 0.409 e. The Morgan fingerprint density at radius 1 is 1.03 bits per heavy atom. The van der Waals surface area contributed by atoms with E-state index in [9.17, 15) is 14.4 Å². The third-order valence-electron chi connectivity index (χ3n) is 5.03. The summed E-state index contributed by atoms with van der Waals surface area (Å²) in [5.41, 5.74) is 1.30. The first-order valence-electron chi connectivity index (χ1n) is 10.1. The molecule has 11 heteroatoms. The number of piperazine rings is 1. The number of nitrogens with zero attached hydrogens (tertiary/aromatic N) is 4. The molecular weight excluding hydrogens is 459 g/mol. The second kappa shape index (κ2) is 10.7. The van der Waals surface area contributed by atoms with Crippen LogP contribution in [0, 0.1) is 6.92 Å². The van der Waals surface area contributed by atoms with E-state index in [0.717, 1.165) is 5.56 Å². The Hall–Kier alpha value is -2.78. The first-order valence-corrected chi connectivity index (χ1v) is 10.9. The first kappa shape index (κ1) is 23.9. The predicted octanol–water partition coefficient (Wildman–Crippen LogP) is 3.00.